The standard InChI is InChI=1S/C32H37NO4/c1-20-13-22(23-11-12-24-16-28(35-7)29(36-8)17-25(24)14-23)10-9-21(20)15-26(34)18-27-19-30(33-37-27)32(5,6)31(2,3)4/h9-14,16-17,19H,15,18H2,1-8H3. The number of nitrogens with zero attached hydrogens (tertiary/aromatic N) is 1. The minimum absolute atomic E-state index is 0.0218. The van der Waals surface area contributed by atoms with Crippen LogP contribution in [0.15, 0.2) is 59.1 Å². The van der Waals surface area contributed by atoms with E-state index < -0.39 is 0 Å². The molecule has 0 bridgehead atoms. The highest BCUT2D eigenvalue weighted by molar-refractivity contribution is 5.90. The Morgan fingerprint density at radius 3 is 2.05 bits per heavy atom. The second-order valence-corrected chi connectivity index (χ2v) is 11.4. The van der Waals surface area contributed by atoms with Crippen LogP contribution in [0, 0.1) is 12.3 Å². The minimum Gasteiger partial charge on any atom is -0.493 e. The van der Waals surface area contributed by atoms with Crippen molar-refractivity contribution in [1.82, 2.24) is 5.16 Å². The number of aromatic nitrogens is 1. The first-order chi connectivity index (χ1) is 17.4. The zero-order valence-corrected chi connectivity index (χ0v) is 23.2. The number of carbonyl (C=O) groups is 1. The number of Topliss-reactive ketones (excluding diaryl/α,β-unsaturated/α-hetero) is 1. The van der Waals surface area contributed by atoms with E-state index in [2.05, 4.69) is 83.1 Å². The molecule has 0 unspecified atom stereocenters. The summed E-state index contributed by atoms with van der Waals surface area (Å²) in [6, 6.07) is 18.5. The van der Waals surface area contributed by atoms with E-state index in [9.17, 15) is 4.79 Å². The number of methoxy groups -OCH3 is 2. The highest BCUT2D eigenvalue weighted by Gasteiger charge is 2.37. The number of ketones is 1. The molecule has 3 aromatic carbocycles. The summed E-state index contributed by atoms with van der Waals surface area (Å²) in [7, 11) is 3.29. The van der Waals surface area contributed by atoms with E-state index in [1.165, 1.54) is 0 Å². The van der Waals surface area contributed by atoms with E-state index in [0.29, 0.717) is 23.7 Å². The Balaban J connectivity index is 1.49. The van der Waals surface area contributed by atoms with Gasteiger partial charge >= 0.3 is 0 Å². The van der Waals surface area contributed by atoms with Crippen molar-refractivity contribution in [1.29, 1.82) is 0 Å². The molecule has 37 heavy (non-hydrogen) atoms. The molecule has 4 rings (SSSR count). The van der Waals surface area contributed by atoms with Crippen LogP contribution in [-0.4, -0.2) is 25.2 Å². The highest BCUT2D eigenvalue weighted by Crippen LogP contribution is 2.40. The maximum absolute atomic E-state index is 12.9. The van der Waals surface area contributed by atoms with Gasteiger partial charge in [-0.15, -0.1) is 0 Å². The van der Waals surface area contributed by atoms with Gasteiger partial charge in [0.2, 0.25) is 0 Å². The van der Waals surface area contributed by atoms with E-state index in [-0.39, 0.29) is 23.0 Å². The van der Waals surface area contributed by atoms with Gasteiger partial charge in [0, 0.05) is 17.9 Å². The number of fused-ring (bicyclic) bond motifs is 1. The number of ether oxygens (including phenoxy) is 2. The molecule has 1 heterocycles. The normalized spacial score (nSPS) is 12.1. The van der Waals surface area contributed by atoms with Crippen LogP contribution in [0.2, 0.25) is 0 Å². The van der Waals surface area contributed by atoms with Crippen LogP contribution in [0.1, 0.15) is 57.2 Å². The quantitative estimate of drug-likeness (QED) is 0.251. The summed E-state index contributed by atoms with van der Waals surface area (Å²) in [6.45, 7) is 12.9. The third-order valence-electron chi connectivity index (χ3n) is 7.85. The summed E-state index contributed by atoms with van der Waals surface area (Å²) in [4.78, 5) is 12.9. The van der Waals surface area contributed by atoms with E-state index in [1.807, 2.05) is 18.2 Å². The smallest absolute Gasteiger partial charge is 0.161 e. The monoisotopic (exact) mass is 499 g/mol. The lowest BCUT2D eigenvalue weighted by atomic mass is 9.67. The Labute approximate surface area is 219 Å². The lowest BCUT2D eigenvalue weighted by Crippen LogP contribution is -2.34. The van der Waals surface area contributed by atoms with Gasteiger partial charge in [0.25, 0.3) is 0 Å². The molecule has 0 radical (unpaired) electrons. The fourth-order valence-electron chi connectivity index (χ4n) is 4.37. The molecule has 0 saturated heterocycles. The van der Waals surface area contributed by atoms with Crippen LogP contribution in [0.25, 0.3) is 21.9 Å². The molecule has 5 heteroatoms. The summed E-state index contributed by atoms with van der Waals surface area (Å²) in [5.41, 5.74) is 5.07. The molecule has 0 atom stereocenters. The van der Waals surface area contributed by atoms with Gasteiger partial charge in [-0.25, -0.2) is 0 Å². The van der Waals surface area contributed by atoms with Gasteiger partial charge < -0.3 is 14.0 Å². The van der Waals surface area contributed by atoms with Gasteiger partial charge in [-0.2, -0.15) is 0 Å². The SMILES string of the molecule is COc1cc2ccc(-c3ccc(CC(=O)Cc4cc(C(C)(C)C(C)(C)C)no4)c(C)c3)cc2cc1OC. The summed E-state index contributed by atoms with van der Waals surface area (Å²) in [5.74, 6) is 2.15. The molecule has 0 saturated carbocycles. The predicted octanol–water partition coefficient (Wildman–Crippen LogP) is 7.50. The third-order valence-corrected chi connectivity index (χ3v) is 7.85. The molecule has 0 aliphatic heterocycles. The van der Waals surface area contributed by atoms with Crippen molar-refractivity contribution in [3.63, 3.8) is 0 Å². The minimum atomic E-state index is -0.163. The number of aryl methyl sites for hydroxylation is 1. The molecule has 0 amide bonds. The largest absolute Gasteiger partial charge is 0.493 e. The number of rotatable bonds is 8. The first-order valence-corrected chi connectivity index (χ1v) is 12.7. The van der Waals surface area contributed by atoms with E-state index in [4.69, 9.17) is 14.0 Å². The van der Waals surface area contributed by atoms with Gasteiger partial charge in [-0.3, -0.25) is 4.79 Å². The number of hydrogen-bond acceptors (Lipinski definition) is 5. The van der Waals surface area contributed by atoms with E-state index in [1.54, 1.807) is 14.2 Å². The molecular weight excluding hydrogens is 462 g/mol. The third kappa shape index (κ3) is 5.41. The maximum atomic E-state index is 12.9. The molecule has 5 nitrogen and oxygen atoms in total. The average Bonchev–Trinajstić information content (AvgIpc) is 3.32. The van der Waals surface area contributed by atoms with Crippen molar-refractivity contribution in [2.75, 3.05) is 14.2 Å². The maximum Gasteiger partial charge on any atom is 0.161 e. The van der Waals surface area contributed by atoms with Crippen molar-refractivity contribution in [3.05, 3.63) is 77.2 Å². The van der Waals surface area contributed by atoms with Crippen LogP contribution in [-0.2, 0) is 23.1 Å². The Morgan fingerprint density at radius 2 is 1.43 bits per heavy atom. The van der Waals surface area contributed by atoms with Crippen molar-refractivity contribution in [2.45, 2.75) is 59.8 Å². The van der Waals surface area contributed by atoms with Gasteiger partial charge in [-0.1, -0.05) is 70.1 Å². The van der Waals surface area contributed by atoms with Gasteiger partial charge in [0.15, 0.2) is 11.5 Å². The van der Waals surface area contributed by atoms with Crippen molar-refractivity contribution >= 4 is 16.6 Å². The molecular formula is C32H37NO4. The average molecular weight is 500 g/mol. The fraction of sp³-hybridized carbons (Fsp3) is 0.375. The summed E-state index contributed by atoms with van der Waals surface area (Å²) in [5, 5.41) is 6.44. The lowest BCUT2D eigenvalue weighted by molar-refractivity contribution is -0.118. The van der Waals surface area contributed by atoms with E-state index >= 15 is 0 Å². The zero-order chi connectivity index (χ0) is 27.0. The summed E-state index contributed by atoms with van der Waals surface area (Å²) < 4.78 is 16.4. The Morgan fingerprint density at radius 1 is 0.811 bits per heavy atom. The molecule has 0 spiro atoms. The summed E-state index contributed by atoms with van der Waals surface area (Å²) in [6.07, 6.45) is 0.601. The van der Waals surface area contributed by atoms with Crippen molar-refractivity contribution < 1.29 is 18.8 Å². The molecule has 194 valence electrons. The Hall–Kier alpha value is -3.60. The van der Waals surface area contributed by atoms with Crippen LogP contribution >= 0.6 is 0 Å². The lowest BCUT2D eigenvalue weighted by Gasteiger charge is -2.36. The van der Waals surface area contributed by atoms with Crippen LogP contribution in [0.5, 0.6) is 11.5 Å². The second kappa shape index (κ2) is 10.0. The van der Waals surface area contributed by atoms with Gasteiger partial charge in [-0.05, 0) is 63.6 Å². The molecule has 0 N–H and O–H groups in total. The molecule has 4 aromatic rings. The Kier molecular flexibility index (Phi) is 7.18. The van der Waals surface area contributed by atoms with Crippen LogP contribution in [0.4, 0.5) is 0 Å². The van der Waals surface area contributed by atoms with Gasteiger partial charge in [0.1, 0.15) is 11.5 Å². The van der Waals surface area contributed by atoms with E-state index in [0.717, 1.165) is 38.7 Å². The topological polar surface area (TPSA) is 61.6 Å². The number of hydrogen-bond donors (Lipinski definition) is 0. The first-order valence-electron chi connectivity index (χ1n) is 12.7. The van der Waals surface area contributed by atoms with Crippen molar-refractivity contribution in [3.8, 4) is 22.6 Å². The molecule has 0 aliphatic carbocycles. The predicted molar refractivity (Wildman–Crippen MR) is 149 cm³/mol. The Bertz CT molecular complexity index is 1440. The van der Waals surface area contributed by atoms with Gasteiger partial charge in [0.05, 0.1) is 26.3 Å². The number of benzene rings is 3. The van der Waals surface area contributed by atoms with Crippen LogP contribution < -0.4 is 9.47 Å². The zero-order valence-electron chi connectivity index (χ0n) is 23.2. The molecule has 0 aliphatic rings. The fourth-order valence-corrected chi connectivity index (χ4v) is 4.37. The van der Waals surface area contributed by atoms with Crippen molar-refractivity contribution in [2.24, 2.45) is 5.41 Å². The number of carbonyl (C=O) groups excluding carboxylic acids is 1. The molecule has 0 fully saturated rings. The summed E-state index contributed by atoms with van der Waals surface area (Å²) >= 11 is 0. The first kappa shape index (κ1) is 26.5. The molecule has 1 aromatic heterocycles. The second-order valence-electron chi connectivity index (χ2n) is 11.4. The highest BCUT2D eigenvalue weighted by atomic mass is 16.5. The van der Waals surface area contributed by atoms with Crippen LogP contribution in [0.3, 0.4) is 0 Å².